The van der Waals surface area contributed by atoms with Gasteiger partial charge in [0.15, 0.2) is 0 Å². The minimum Gasteiger partial charge on any atom is -0.370 e. The Balaban J connectivity index is 1.87. The number of aromatic nitrogens is 1. The molecule has 0 spiro atoms. The van der Waals surface area contributed by atoms with E-state index in [2.05, 4.69) is 10.3 Å². The summed E-state index contributed by atoms with van der Waals surface area (Å²) in [7, 11) is 0. The number of hydrogen-bond donors (Lipinski definition) is 1. The monoisotopic (exact) mass is 261 g/mol. The number of benzene rings is 1. The molecule has 1 N–H and O–H groups in total. The SMILES string of the molecule is O=[N+]([O-])c1ccc(NCCc2cccc(F)c2)nc1. The fourth-order valence-electron chi connectivity index (χ4n) is 1.63. The molecule has 0 radical (unpaired) electrons. The standard InChI is InChI=1S/C13H12FN3O2/c14-11-3-1-2-10(8-11)6-7-15-13-5-4-12(9-16-13)17(18)19/h1-5,8-9H,6-7H2,(H,15,16). The third-order valence-corrected chi connectivity index (χ3v) is 2.57. The van der Waals surface area contributed by atoms with E-state index in [-0.39, 0.29) is 11.5 Å². The van der Waals surface area contributed by atoms with Crippen LogP contribution in [0.4, 0.5) is 15.9 Å². The summed E-state index contributed by atoms with van der Waals surface area (Å²) >= 11 is 0. The maximum Gasteiger partial charge on any atom is 0.287 e. The van der Waals surface area contributed by atoms with E-state index in [0.717, 1.165) is 5.56 Å². The van der Waals surface area contributed by atoms with Gasteiger partial charge in [0, 0.05) is 12.6 Å². The van der Waals surface area contributed by atoms with Crippen LogP contribution in [-0.4, -0.2) is 16.5 Å². The van der Waals surface area contributed by atoms with Crippen molar-refractivity contribution in [3.63, 3.8) is 0 Å². The van der Waals surface area contributed by atoms with Gasteiger partial charge in [-0.1, -0.05) is 12.1 Å². The molecule has 0 aliphatic rings. The van der Waals surface area contributed by atoms with Crippen LogP contribution in [0, 0.1) is 15.9 Å². The Labute approximate surface area is 109 Å². The number of rotatable bonds is 5. The fraction of sp³-hybridized carbons (Fsp3) is 0.154. The third kappa shape index (κ3) is 3.74. The Kier molecular flexibility index (Phi) is 4.02. The van der Waals surface area contributed by atoms with Gasteiger partial charge in [0.05, 0.1) is 4.92 Å². The average Bonchev–Trinajstić information content (AvgIpc) is 2.39. The van der Waals surface area contributed by atoms with Crippen LogP contribution in [0.3, 0.4) is 0 Å². The van der Waals surface area contributed by atoms with E-state index in [1.807, 2.05) is 6.07 Å². The molecule has 0 unspecified atom stereocenters. The van der Waals surface area contributed by atoms with Crippen molar-refractivity contribution in [2.75, 3.05) is 11.9 Å². The van der Waals surface area contributed by atoms with Crippen molar-refractivity contribution >= 4 is 11.5 Å². The summed E-state index contributed by atoms with van der Waals surface area (Å²) in [6.07, 6.45) is 1.85. The van der Waals surface area contributed by atoms with Gasteiger partial charge in [0.1, 0.15) is 17.8 Å². The van der Waals surface area contributed by atoms with Crippen molar-refractivity contribution in [3.05, 3.63) is 64.1 Å². The highest BCUT2D eigenvalue weighted by molar-refractivity contribution is 5.40. The molecule has 19 heavy (non-hydrogen) atoms. The Morgan fingerprint density at radius 3 is 2.79 bits per heavy atom. The summed E-state index contributed by atoms with van der Waals surface area (Å²) in [6, 6.07) is 9.31. The number of nitrogens with zero attached hydrogens (tertiary/aromatic N) is 2. The molecule has 0 aliphatic heterocycles. The van der Waals surface area contributed by atoms with Gasteiger partial charge in [0.2, 0.25) is 0 Å². The minimum atomic E-state index is -0.497. The second-order valence-corrected chi connectivity index (χ2v) is 3.97. The van der Waals surface area contributed by atoms with E-state index in [1.54, 1.807) is 12.1 Å². The fourth-order valence-corrected chi connectivity index (χ4v) is 1.63. The average molecular weight is 261 g/mol. The largest absolute Gasteiger partial charge is 0.370 e. The van der Waals surface area contributed by atoms with Crippen LogP contribution in [0.1, 0.15) is 5.56 Å². The van der Waals surface area contributed by atoms with E-state index < -0.39 is 4.92 Å². The lowest BCUT2D eigenvalue weighted by Crippen LogP contribution is -2.06. The minimum absolute atomic E-state index is 0.0457. The summed E-state index contributed by atoms with van der Waals surface area (Å²) in [5, 5.41) is 13.5. The highest BCUT2D eigenvalue weighted by atomic mass is 19.1. The first kappa shape index (κ1) is 12.9. The van der Waals surface area contributed by atoms with E-state index in [1.165, 1.54) is 24.4 Å². The van der Waals surface area contributed by atoms with Gasteiger partial charge in [-0.2, -0.15) is 0 Å². The van der Waals surface area contributed by atoms with Crippen molar-refractivity contribution < 1.29 is 9.31 Å². The van der Waals surface area contributed by atoms with Crippen molar-refractivity contribution in [2.45, 2.75) is 6.42 Å². The zero-order valence-corrected chi connectivity index (χ0v) is 10.0. The van der Waals surface area contributed by atoms with Crippen LogP contribution in [0.5, 0.6) is 0 Å². The molecule has 0 saturated heterocycles. The molecule has 1 aromatic heterocycles. The van der Waals surface area contributed by atoms with Gasteiger partial charge >= 0.3 is 0 Å². The molecule has 1 heterocycles. The zero-order valence-electron chi connectivity index (χ0n) is 10.0. The summed E-state index contributed by atoms with van der Waals surface area (Å²) in [5.74, 6) is 0.299. The predicted molar refractivity (Wildman–Crippen MR) is 69.5 cm³/mol. The molecular weight excluding hydrogens is 249 g/mol. The zero-order chi connectivity index (χ0) is 13.7. The van der Waals surface area contributed by atoms with Crippen LogP contribution in [-0.2, 0) is 6.42 Å². The molecule has 0 fully saturated rings. The van der Waals surface area contributed by atoms with Crippen LogP contribution >= 0.6 is 0 Å². The Morgan fingerprint density at radius 2 is 2.16 bits per heavy atom. The van der Waals surface area contributed by atoms with Gasteiger partial charge in [-0.25, -0.2) is 9.37 Å². The summed E-state index contributed by atoms with van der Waals surface area (Å²) in [6.45, 7) is 0.578. The summed E-state index contributed by atoms with van der Waals surface area (Å²) in [4.78, 5) is 13.9. The quantitative estimate of drug-likeness (QED) is 0.663. The molecule has 98 valence electrons. The maximum atomic E-state index is 12.9. The van der Waals surface area contributed by atoms with Crippen LogP contribution < -0.4 is 5.32 Å². The van der Waals surface area contributed by atoms with E-state index >= 15 is 0 Å². The lowest BCUT2D eigenvalue weighted by atomic mass is 10.1. The number of anilines is 1. The molecule has 6 heteroatoms. The molecule has 5 nitrogen and oxygen atoms in total. The summed E-state index contributed by atoms with van der Waals surface area (Å²) in [5.41, 5.74) is 0.838. The smallest absolute Gasteiger partial charge is 0.287 e. The predicted octanol–water partition coefficient (Wildman–Crippen LogP) is 2.78. The van der Waals surface area contributed by atoms with Gasteiger partial charge in [-0.3, -0.25) is 10.1 Å². The second-order valence-electron chi connectivity index (χ2n) is 3.97. The molecule has 0 amide bonds. The molecule has 0 bridgehead atoms. The number of nitrogens with one attached hydrogen (secondary N) is 1. The van der Waals surface area contributed by atoms with Crippen molar-refractivity contribution in [1.82, 2.24) is 4.98 Å². The van der Waals surface area contributed by atoms with Crippen molar-refractivity contribution in [3.8, 4) is 0 Å². The number of hydrogen-bond acceptors (Lipinski definition) is 4. The lowest BCUT2D eigenvalue weighted by molar-refractivity contribution is -0.385. The highest BCUT2D eigenvalue weighted by Crippen LogP contribution is 2.12. The molecule has 2 aromatic rings. The second kappa shape index (κ2) is 5.90. The lowest BCUT2D eigenvalue weighted by Gasteiger charge is -2.05. The van der Waals surface area contributed by atoms with Gasteiger partial charge in [0.25, 0.3) is 5.69 Å². The molecule has 0 saturated carbocycles. The van der Waals surface area contributed by atoms with Gasteiger partial charge in [-0.15, -0.1) is 0 Å². The third-order valence-electron chi connectivity index (χ3n) is 2.57. The number of pyridine rings is 1. The molecule has 0 atom stereocenters. The number of halogens is 1. The van der Waals surface area contributed by atoms with Crippen molar-refractivity contribution in [2.24, 2.45) is 0 Å². The Bertz CT molecular complexity index is 572. The normalized spacial score (nSPS) is 10.2. The van der Waals surface area contributed by atoms with Crippen LogP contribution in [0.2, 0.25) is 0 Å². The maximum absolute atomic E-state index is 12.9. The topological polar surface area (TPSA) is 68.1 Å². The van der Waals surface area contributed by atoms with Crippen LogP contribution in [0.25, 0.3) is 0 Å². The van der Waals surface area contributed by atoms with Gasteiger partial charge < -0.3 is 5.32 Å². The highest BCUT2D eigenvalue weighted by Gasteiger charge is 2.04. The van der Waals surface area contributed by atoms with E-state index in [0.29, 0.717) is 18.8 Å². The van der Waals surface area contributed by atoms with E-state index in [9.17, 15) is 14.5 Å². The first-order valence-electron chi connectivity index (χ1n) is 5.74. The summed E-state index contributed by atoms with van der Waals surface area (Å²) < 4.78 is 12.9. The molecule has 2 rings (SSSR count). The number of nitro groups is 1. The van der Waals surface area contributed by atoms with E-state index in [4.69, 9.17) is 0 Å². The van der Waals surface area contributed by atoms with Gasteiger partial charge in [-0.05, 0) is 30.2 Å². The molecule has 0 aliphatic carbocycles. The van der Waals surface area contributed by atoms with Crippen molar-refractivity contribution in [1.29, 1.82) is 0 Å². The first-order valence-corrected chi connectivity index (χ1v) is 5.74. The Morgan fingerprint density at radius 1 is 1.32 bits per heavy atom. The Hall–Kier alpha value is -2.50. The molecule has 1 aromatic carbocycles. The molecular formula is C13H12FN3O2. The first-order chi connectivity index (χ1) is 9.15. The van der Waals surface area contributed by atoms with Crippen LogP contribution in [0.15, 0.2) is 42.6 Å².